The van der Waals surface area contributed by atoms with Gasteiger partial charge >= 0.3 is 0 Å². The molecule has 0 unspecified atom stereocenters. The highest BCUT2D eigenvalue weighted by Gasteiger charge is 2.27. The first kappa shape index (κ1) is 14.3. The molecule has 0 atom stereocenters. The Kier molecular flexibility index (Phi) is 4.41. The Balaban J connectivity index is 3.08. The van der Waals surface area contributed by atoms with E-state index in [1.54, 1.807) is 30.1 Å². The molecule has 1 rings (SSSR count). The van der Waals surface area contributed by atoms with Crippen molar-refractivity contribution in [2.75, 3.05) is 7.05 Å². The summed E-state index contributed by atoms with van der Waals surface area (Å²) in [6, 6.07) is 5.04. The van der Waals surface area contributed by atoms with E-state index < -0.39 is 0 Å². The van der Waals surface area contributed by atoms with Crippen LogP contribution in [0.2, 0.25) is 0 Å². The third-order valence-electron chi connectivity index (χ3n) is 3.27. The molecule has 0 radical (unpaired) electrons. The maximum atomic E-state index is 12.3. The number of hydrogen-bond donors (Lipinski definition) is 1. The summed E-state index contributed by atoms with van der Waals surface area (Å²) in [5, 5.41) is 9.74. The number of phenolic OH excluding ortho intramolecular Hbond substituents is 1. The number of carbonyl (C=O) groups is 1. The van der Waals surface area contributed by atoms with E-state index in [-0.39, 0.29) is 17.2 Å². The minimum absolute atomic E-state index is 0.0363. The molecular formula is C13H18INO2. The van der Waals surface area contributed by atoms with Gasteiger partial charge in [0.05, 0.1) is 5.56 Å². The van der Waals surface area contributed by atoms with Gasteiger partial charge in [0, 0.05) is 16.2 Å². The van der Waals surface area contributed by atoms with E-state index in [0.717, 1.165) is 9.99 Å². The van der Waals surface area contributed by atoms with Gasteiger partial charge in [-0.15, -0.1) is 0 Å². The van der Waals surface area contributed by atoms with Crippen LogP contribution in [0.25, 0.3) is 0 Å². The van der Waals surface area contributed by atoms with Gasteiger partial charge < -0.3 is 10.0 Å². The van der Waals surface area contributed by atoms with Crippen molar-refractivity contribution in [3.8, 4) is 5.75 Å². The second kappa shape index (κ2) is 5.25. The minimum Gasteiger partial charge on any atom is -0.507 e. The fourth-order valence-electron chi connectivity index (χ4n) is 1.37. The molecule has 0 aliphatic carbocycles. The Labute approximate surface area is 116 Å². The molecule has 0 saturated heterocycles. The second-order valence-electron chi connectivity index (χ2n) is 4.69. The molecule has 3 nitrogen and oxygen atoms in total. The number of halogens is 1. The number of amides is 1. The number of rotatable bonds is 3. The van der Waals surface area contributed by atoms with E-state index in [9.17, 15) is 9.90 Å². The number of hydrogen-bond acceptors (Lipinski definition) is 2. The van der Waals surface area contributed by atoms with Crippen LogP contribution < -0.4 is 0 Å². The first-order valence-electron chi connectivity index (χ1n) is 5.56. The maximum Gasteiger partial charge on any atom is 0.257 e. The zero-order valence-electron chi connectivity index (χ0n) is 10.6. The van der Waals surface area contributed by atoms with Gasteiger partial charge in [0.25, 0.3) is 5.91 Å². The number of carbonyl (C=O) groups excluding carboxylic acids is 1. The van der Waals surface area contributed by atoms with Gasteiger partial charge in [-0.05, 0) is 61.1 Å². The summed E-state index contributed by atoms with van der Waals surface area (Å²) in [7, 11) is 1.77. The van der Waals surface area contributed by atoms with Gasteiger partial charge in [0.2, 0.25) is 0 Å². The van der Waals surface area contributed by atoms with Crippen LogP contribution in [-0.4, -0.2) is 28.5 Å². The molecule has 0 bridgehead atoms. The molecule has 0 aromatic heterocycles. The molecule has 4 heteroatoms. The van der Waals surface area contributed by atoms with Crippen LogP contribution in [0.15, 0.2) is 18.2 Å². The fraction of sp³-hybridized carbons (Fsp3) is 0.462. The zero-order chi connectivity index (χ0) is 13.2. The molecule has 1 aromatic carbocycles. The smallest absolute Gasteiger partial charge is 0.257 e. The molecule has 17 heavy (non-hydrogen) atoms. The molecule has 0 heterocycles. The highest BCUT2D eigenvalue weighted by atomic mass is 127. The number of aromatic hydroxyl groups is 1. The Morgan fingerprint density at radius 3 is 2.59 bits per heavy atom. The molecule has 94 valence electrons. The van der Waals surface area contributed by atoms with Crippen LogP contribution >= 0.6 is 22.6 Å². The zero-order valence-corrected chi connectivity index (χ0v) is 12.8. The van der Waals surface area contributed by atoms with Crippen LogP contribution in [0.4, 0.5) is 0 Å². The fourth-order valence-corrected chi connectivity index (χ4v) is 1.86. The topological polar surface area (TPSA) is 40.5 Å². The first-order valence-corrected chi connectivity index (χ1v) is 6.64. The predicted molar refractivity (Wildman–Crippen MR) is 77.3 cm³/mol. The molecule has 0 saturated carbocycles. The maximum absolute atomic E-state index is 12.3. The molecule has 1 aromatic rings. The largest absolute Gasteiger partial charge is 0.507 e. The molecule has 0 spiro atoms. The monoisotopic (exact) mass is 347 g/mol. The highest BCUT2D eigenvalue weighted by Crippen LogP contribution is 2.25. The van der Waals surface area contributed by atoms with Crippen molar-refractivity contribution < 1.29 is 9.90 Å². The molecule has 1 N–H and O–H groups in total. The summed E-state index contributed by atoms with van der Waals surface area (Å²) in [6.07, 6.45) is 0.861. The third kappa shape index (κ3) is 3.12. The lowest BCUT2D eigenvalue weighted by molar-refractivity contribution is 0.0617. The summed E-state index contributed by atoms with van der Waals surface area (Å²) < 4.78 is 0.937. The van der Waals surface area contributed by atoms with Crippen LogP contribution in [0.5, 0.6) is 5.75 Å². The second-order valence-corrected chi connectivity index (χ2v) is 5.94. The van der Waals surface area contributed by atoms with E-state index in [2.05, 4.69) is 22.6 Å². The average Bonchev–Trinajstić information content (AvgIpc) is 2.30. The normalized spacial score (nSPS) is 11.4. The lowest BCUT2D eigenvalue weighted by Crippen LogP contribution is -2.44. The van der Waals surface area contributed by atoms with Crippen LogP contribution in [-0.2, 0) is 0 Å². The lowest BCUT2D eigenvalue weighted by atomic mass is 9.98. The summed E-state index contributed by atoms with van der Waals surface area (Å²) in [4.78, 5) is 14.0. The van der Waals surface area contributed by atoms with Crippen molar-refractivity contribution in [3.05, 3.63) is 27.3 Å². The first-order chi connectivity index (χ1) is 7.79. The third-order valence-corrected chi connectivity index (χ3v) is 3.94. The quantitative estimate of drug-likeness (QED) is 0.853. The Hall–Kier alpha value is -0.780. The predicted octanol–water partition coefficient (Wildman–Crippen LogP) is 3.26. The number of benzene rings is 1. The van der Waals surface area contributed by atoms with Crippen molar-refractivity contribution in [1.82, 2.24) is 4.90 Å². The molecule has 0 aliphatic rings. The molecular weight excluding hydrogens is 329 g/mol. The summed E-state index contributed by atoms with van der Waals surface area (Å²) in [6.45, 7) is 6.06. The number of nitrogens with zero attached hydrogens (tertiary/aromatic N) is 1. The molecule has 1 amide bonds. The van der Waals surface area contributed by atoms with Gasteiger partial charge in [-0.1, -0.05) is 6.92 Å². The molecule has 0 fully saturated rings. The summed E-state index contributed by atoms with van der Waals surface area (Å²) in [5.41, 5.74) is 0.145. The summed E-state index contributed by atoms with van der Waals surface area (Å²) in [5.74, 6) is -0.109. The standard InChI is InChI=1S/C13H18INO2/c1-5-13(2,3)15(4)12(17)10-8-9(14)6-7-11(10)16/h6-8,16H,5H2,1-4H3. The lowest BCUT2D eigenvalue weighted by Gasteiger charge is -2.35. The van der Waals surface area contributed by atoms with E-state index in [1.165, 1.54) is 0 Å². The summed E-state index contributed by atoms with van der Waals surface area (Å²) >= 11 is 2.13. The average molecular weight is 347 g/mol. The van der Waals surface area contributed by atoms with Crippen LogP contribution in [0.3, 0.4) is 0 Å². The minimum atomic E-state index is -0.217. The van der Waals surface area contributed by atoms with E-state index in [4.69, 9.17) is 0 Å². The van der Waals surface area contributed by atoms with Crippen molar-refractivity contribution >= 4 is 28.5 Å². The molecule has 0 aliphatic heterocycles. The van der Waals surface area contributed by atoms with Gasteiger partial charge in [0.15, 0.2) is 0 Å². The van der Waals surface area contributed by atoms with E-state index in [0.29, 0.717) is 5.56 Å². The Morgan fingerprint density at radius 2 is 2.06 bits per heavy atom. The van der Waals surface area contributed by atoms with Crippen molar-refractivity contribution in [2.45, 2.75) is 32.7 Å². The Morgan fingerprint density at radius 1 is 1.47 bits per heavy atom. The van der Waals surface area contributed by atoms with Crippen molar-refractivity contribution in [1.29, 1.82) is 0 Å². The van der Waals surface area contributed by atoms with Gasteiger partial charge in [-0.2, -0.15) is 0 Å². The van der Waals surface area contributed by atoms with E-state index in [1.807, 2.05) is 20.8 Å². The van der Waals surface area contributed by atoms with Crippen molar-refractivity contribution in [3.63, 3.8) is 0 Å². The van der Waals surface area contributed by atoms with Gasteiger partial charge in [-0.3, -0.25) is 4.79 Å². The van der Waals surface area contributed by atoms with Crippen molar-refractivity contribution in [2.24, 2.45) is 0 Å². The van der Waals surface area contributed by atoms with E-state index >= 15 is 0 Å². The van der Waals surface area contributed by atoms with Gasteiger partial charge in [-0.25, -0.2) is 0 Å². The number of phenols is 1. The van der Waals surface area contributed by atoms with Crippen LogP contribution in [0.1, 0.15) is 37.6 Å². The SMILES string of the molecule is CCC(C)(C)N(C)C(=O)c1cc(I)ccc1O. The highest BCUT2D eigenvalue weighted by molar-refractivity contribution is 14.1. The van der Waals surface area contributed by atoms with Crippen LogP contribution in [0, 0.1) is 3.57 Å². The Bertz CT molecular complexity index is 429. The van der Waals surface area contributed by atoms with Gasteiger partial charge in [0.1, 0.15) is 5.75 Å².